The van der Waals surface area contributed by atoms with E-state index in [9.17, 15) is 8.42 Å². The number of nitrogens with one attached hydrogen (secondary N) is 1. The summed E-state index contributed by atoms with van der Waals surface area (Å²) < 4.78 is 32.6. The number of aromatic nitrogens is 1. The molecule has 1 N–H and O–H groups in total. The third kappa shape index (κ3) is 4.49. The van der Waals surface area contributed by atoms with Crippen LogP contribution in [0.4, 0.5) is 5.69 Å². The Bertz CT molecular complexity index is 771. The molecule has 0 saturated carbocycles. The Morgan fingerprint density at radius 1 is 1.20 bits per heavy atom. The monoisotopic (exact) mass is 361 g/mol. The zero-order valence-electron chi connectivity index (χ0n) is 14.3. The summed E-state index contributed by atoms with van der Waals surface area (Å²) in [4.78, 5) is 6.71. The van der Waals surface area contributed by atoms with Crippen LogP contribution in [-0.2, 0) is 10.0 Å². The van der Waals surface area contributed by atoms with Crippen LogP contribution in [0, 0.1) is 5.92 Å². The van der Waals surface area contributed by atoms with Gasteiger partial charge in [-0.3, -0.25) is 4.98 Å². The predicted octanol–water partition coefficient (Wildman–Crippen LogP) is 2.29. The molecule has 1 fully saturated rings. The summed E-state index contributed by atoms with van der Waals surface area (Å²) in [7, 11) is -1.92. The zero-order valence-corrected chi connectivity index (χ0v) is 15.1. The second kappa shape index (κ2) is 7.84. The fourth-order valence-corrected chi connectivity index (χ4v) is 4.12. The topological polar surface area (TPSA) is 71.5 Å². The van der Waals surface area contributed by atoms with Gasteiger partial charge in [-0.15, -0.1) is 0 Å². The van der Waals surface area contributed by atoms with Crippen molar-refractivity contribution < 1.29 is 13.2 Å². The number of methoxy groups -OCH3 is 1. The molecule has 0 radical (unpaired) electrons. The van der Waals surface area contributed by atoms with Crippen molar-refractivity contribution >= 4 is 15.7 Å². The van der Waals surface area contributed by atoms with Crippen molar-refractivity contribution in [3.8, 4) is 5.75 Å². The van der Waals surface area contributed by atoms with Gasteiger partial charge in [0, 0.05) is 25.8 Å². The van der Waals surface area contributed by atoms with Crippen LogP contribution in [0.15, 0.2) is 53.7 Å². The van der Waals surface area contributed by atoms with Gasteiger partial charge >= 0.3 is 0 Å². The van der Waals surface area contributed by atoms with E-state index >= 15 is 0 Å². The van der Waals surface area contributed by atoms with Crippen molar-refractivity contribution in [2.75, 3.05) is 31.6 Å². The SMILES string of the molecule is COc1ccc(S(=O)(=O)NCC2CCN(c3cccnc3)CC2)cc1. The molecule has 1 aromatic carbocycles. The fraction of sp³-hybridized carbons (Fsp3) is 0.389. The predicted molar refractivity (Wildman–Crippen MR) is 97.4 cm³/mol. The summed E-state index contributed by atoms with van der Waals surface area (Å²) in [5.41, 5.74) is 1.12. The number of nitrogens with zero attached hydrogens (tertiary/aromatic N) is 2. The molecule has 7 heteroatoms. The largest absolute Gasteiger partial charge is 0.497 e. The van der Waals surface area contributed by atoms with Crippen LogP contribution in [0.1, 0.15) is 12.8 Å². The highest BCUT2D eigenvalue weighted by Crippen LogP contribution is 2.22. The quantitative estimate of drug-likeness (QED) is 0.855. The lowest BCUT2D eigenvalue weighted by Crippen LogP contribution is -2.38. The van der Waals surface area contributed by atoms with Crippen LogP contribution in [0.2, 0.25) is 0 Å². The van der Waals surface area contributed by atoms with Gasteiger partial charge < -0.3 is 9.64 Å². The Hall–Kier alpha value is -2.12. The summed E-state index contributed by atoms with van der Waals surface area (Å²) in [6.45, 7) is 2.30. The first kappa shape index (κ1) is 17.7. The molecule has 1 aliphatic heterocycles. The van der Waals surface area contributed by atoms with Gasteiger partial charge in [-0.2, -0.15) is 0 Å². The van der Waals surface area contributed by atoms with Gasteiger partial charge in [-0.05, 0) is 55.2 Å². The summed E-state index contributed by atoms with van der Waals surface area (Å²) in [5, 5.41) is 0. The molecule has 0 unspecified atom stereocenters. The number of hydrogen-bond acceptors (Lipinski definition) is 5. The summed E-state index contributed by atoms with van der Waals surface area (Å²) in [6.07, 6.45) is 5.55. The van der Waals surface area contributed by atoms with Crippen molar-refractivity contribution in [3.05, 3.63) is 48.8 Å². The fourth-order valence-electron chi connectivity index (χ4n) is 3.00. The lowest BCUT2D eigenvalue weighted by molar-refractivity contribution is 0.402. The molecule has 0 amide bonds. The molecular formula is C18H23N3O3S. The highest BCUT2D eigenvalue weighted by molar-refractivity contribution is 7.89. The Balaban J connectivity index is 1.52. The van der Waals surface area contributed by atoms with Crippen LogP contribution < -0.4 is 14.4 Å². The van der Waals surface area contributed by atoms with Gasteiger partial charge in [-0.25, -0.2) is 13.1 Å². The third-order valence-electron chi connectivity index (χ3n) is 4.56. The maximum Gasteiger partial charge on any atom is 0.240 e. The van der Waals surface area contributed by atoms with Gasteiger partial charge in [-0.1, -0.05) is 0 Å². The average Bonchev–Trinajstić information content (AvgIpc) is 2.67. The van der Waals surface area contributed by atoms with E-state index < -0.39 is 10.0 Å². The normalized spacial score (nSPS) is 16.0. The van der Waals surface area contributed by atoms with Crippen molar-refractivity contribution in [1.82, 2.24) is 9.71 Å². The second-order valence-corrected chi connectivity index (χ2v) is 7.94. The van der Waals surface area contributed by atoms with E-state index in [1.54, 1.807) is 37.6 Å². The number of pyridine rings is 1. The lowest BCUT2D eigenvalue weighted by atomic mass is 9.97. The first-order valence-electron chi connectivity index (χ1n) is 8.37. The number of piperidine rings is 1. The Morgan fingerprint density at radius 3 is 2.52 bits per heavy atom. The minimum absolute atomic E-state index is 0.265. The Morgan fingerprint density at radius 2 is 1.92 bits per heavy atom. The molecule has 6 nitrogen and oxygen atoms in total. The molecule has 2 heterocycles. The molecule has 0 bridgehead atoms. The van der Waals surface area contributed by atoms with Crippen molar-refractivity contribution in [2.45, 2.75) is 17.7 Å². The maximum atomic E-state index is 12.4. The van der Waals surface area contributed by atoms with E-state index in [-0.39, 0.29) is 4.90 Å². The Labute approximate surface area is 148 Å². The molecule has 0 aliphatic carbocycles. The van der Waals surface area contributed by atoms with Crippen molar-refractivity contribution in [1.29, 1.82) is 0 Å². The molecule has 1 aromatic heterocycles. The number of anilines is 1. The number of hydrogen-bond donors (Lipinski definition) is 1. The highest BCUT2D eigenvalue weighted by atomic mass is 32.2. The number of ether oxygens (including phenoxy) is 1. The molecule has 1 saturated heterocycles. The van der Waals surface area contributed by atoms with Crippen molar-refractivity contribution in [3.63, 3.8) is 0 Å². The van der Waals surface area contributed by atoms with Crippen LogP contribution in [-0.4, -0.2) is 40.1 Å². The van der Waals surface area contributed by atoms with E-state index in [2.05, 4.69) is 20.7 Å². The summed E-state index contributed by atoms with van der Waals surface area (Å²) in [5.74, 6) is 0.989. The Kier molecular flexibility index (Phi) is 5.55. The standard InChI is InChI=1S/C18H23N3O3S/c1-24-17-4-6-18(7-5-17)25(22,23)20-13-15-8-11-21(12-9-15)16-3-2-10-19-14-16/h2-7,10,14-15,20H,8-9,11-13H2,1H3. The van der Waals surface area contributed by atoms with Crippen LogP contribution in [0.3, 0.4) is 0 Å². The molecule has 1 aliphatic rings. The van der Waals surface area contributed by atoms with Crippen molar-refractivity contribution in [2.24, 2.45) is 5.92 Å². The molecule has 3 rings (SSSR count). The highest BCUT2D eigenvalue weighted by Gasteiger charge is 2.22. The van der Waals surface area contributed by atoms with Crippen LogP contribution in [0.5, 0.6) is 5.75 Å². The maximum absolute atomic E-state index is 12.4. The van der Waals surface area contributed by atoms with Gasteiger partial charge in [0.25, 0.3) is 0 Å². The first-order chi connectivity index (χ1) is 12.1. The second-order valence-electron chi connectivity index (χ2n) is 6.17. The minimum Gasteiger partial charge on any atom is -0.497 e. The number of benzene rings is 1. The van der Waals surface area contributed by atoms with E-state index in [4.69, 9.17) is 4.74 Å². The van der Waals surface area contributed by atoms with E-state index in [0.29, 0.717) is 18.2 Å². The third-order valence-corrected chi connectivity index (χ3v) is 6.00. The van der Waals surface area contributed by atoms with Gasteiger partial charge in [0.05, 0.1) is 23.9 Å². The molecule has 0 spiro atoms. The molecule has 0 atom stereocenters. The smallest absolute Gasteiger partial charge is 0.240 e. The van der Waals surface area contributed by atoms with E-state index in [0.717, 1.165) is 31.6 Å². The van der Waals surface area contributed by atoms with Gasteiger partial charge in [0.1, 0.15) is 5.75 Å². The van der Waals surface area contributed by atoms with Gasteiger partial charge in [0.2, 0.25) is 10.0 Å². The van der Waals surface area contributed by atoms with E-state index in [1.165, 1.54) is 0 Å². The summed E-state index contributed by atoms with van der Waals surface area (Å²) >= 11 is 0. The lowest BCUT2D eigenvalue weighted by Gasteiger charge is -2.33. The number of rotatable bonds is 6. The zero-order chi connectivity index (χ0) is 17.7. The summed E-state index contributed by atoms with van der Waals surface area (Å²) in [6, 6.07) is 10.4. The first-order valence-corrected chi connectivity index (χ1v) is 9.85. The van der Waals surface area contributed by atoms with Gasteiger partial charge in [0.15, 0.2) is 0 Å². The molecular weight excluding hydrogens is 338 g/mol. The molecule has 25 heavy (non-hydrogen) atoms. The molecule has 134 valence electrons. The number of sulfonamides is 1. The molecule has 2 aromatic rings. The van der Waals surface area contributed by atoms with Crippen LogP contribution >= 0.6 is 0 Å². The van der Waals surface area contributed by atoms with E-state index in [1.807, 2.05) is 12.3 Å². The van der Waals surface area contributed by atoms with Crippen LogP contribution in [0.25, 0.3) is 0 Å². The minimum atomic E-state index is -3.48. The average molecular weight is 361 g/mol.